The molecule has 0 saturated heterocycles. The van der Waals surface area contributed by atoms with Crippen LogP contribution in [-0.2, 0) is 17.8 Å². The lowest BCUT2D eigenvalue weighted by Gasteiger charge is -2.17. The van der Waals surface area contributed by atoms with Crippen LogP contribution in [0.25, 0.3) is 16.5 Å². The van der Waals surface area contributed by atoms with Gasteiger partial charge in [-0.3, -0.25) is 4.79 Å². The third-order valence-corrected chi connectivity index (χ3v) is 4.97. The van der Waals surface area contributed by atoms with E-state index in [0.717, 1.165) is 33.3 Å². The minimum atomic E-state index is 0.0624. The lowest BCUT2D eigenvalue weighted by molar-refractivity contribution is -0.129. The van der Waals surface area contributed by atoms with Gasteiger partial charge in [0.1, 0.15) is 5.75 Å². The van der Waals surface area contributed by atoms with Gasteiger partial charge in [0.25, 0.3) is 0 Å². The number of carbonyl (C=O) groups excluding carboxylic acids is 1. The maximum Gasteiger partial charge on any atom is 0.227 e. The van der Waals surface area contributed by atoms with Gasteiger partial charge in [0.05, 0.1) is 25.4 Å². The maximum absolute atomic E-state index is 12.7. The van der Waals surface area contributed by atoms with E-state index in [9.17, 15) is 4.79 Å². The number of likely N-dealkylation sites (N-methyl/N-ethyl adjacent to an activating group) is 1. The highest BCUT2D eigenvalue weighted by Gasteiger charge is 2.12. The Morgan fingerprint density at radius 1 is 1.00 bits per heavy atom. The summed E-state index contributed by atoms with van der Waals surface area (Å²) in [4.78, 5) is 14.4. The predicted octanol–water partition coefficient (Wildman–Crippen LogP) is 4.24. The Morgan fingerprint density at radius 2 is 1.76 bits per heavy atom. The van der Waals surface area contributed by atoms with Crippen molar-refractivity contribution in [2.75, 3.05) is 14.2 Å². The molecule has 5 heteroatoms. The summed E-state index contributed by atoms with van der Waals surface area (Å²) < 4.78 is 7.07. The Morgan fingerprint density at radius 3 is 2.55 bits per heavy atom. The minimum absolute atomic E-state index is 0.0624. The summed E-state index contributed by atoms with van der Waals surface area (Å²) in [6, 6.07) is 22.1. The second-order valence-electron chi connectivity index (χ2n) is 7.10. The minimum Gasteiger partial charge on any atom is -0.497 e. The molecule has 146 valence electrons. The number of amides is 1. The molecule has 0 spiro atoms. The number of ether oxygens (including phenoxy) is 1. The predicted molar refractivity (Wildman–Crippen MR) is 114 cm³/mol. The van der Waals surface area contributed by atoms with Crippen molar-refractivity contribution < 1.29 is 9.53 Å². The van der Waals surface area contributed by atoms with Gasteiger partial charge in [0.15, 0.2) is 0 Å². The van der Waals surface area contributed by atoms with Crippen LogP contribution in [-0.4, -0.2) is 34.7 Å². The molecule has 0 N–H and O–H groups in total. The normalized spacial score (nSPS) is 10.8. The number of hydrogen-bond acceptors (Lipinski definition) is 3. The molecule has 1 aromatic heterocycles. The summed E-state index contributed by atoms with van der Waals surface area (Å²) in [6.45, 7) is 0.563. The van der Waals surface area contributed by atoms with Crippen molar-refractivity contribution in [1.29, 1.82) is 0 Å². The van der Waals surface area contributed by atoms with Gasteiger partial charge in [-0.1, -0.05) is 36.4 Å². The number of aromatic nitrogens is 2. The topological polar surface area (TPSA) is 47.4 Å². The maximum atomic E-state index is 12.7. The van der Waals surface area contributed by atoms with E-state index in [0.29, 0.717) is 13.0 Å². The number of hydrogen-bond donors (Lipinski definition) is 0. The lowest BCUT2D eigenvalue weighted by atomic mass is 10.1. The van der Waals surface area contributed by atoms with Gasteiger partial charge in [-0.25, -0.2) is 4.68 Å². The lowest BCUT2D eigenvalue weighted by Crippen LogP contribution is -2.27. The number of carbonyl (C=O) groups is 1. The van der Waals surface area contributed by atoms with E-state index in [4.69, 9.17) is 4.74 Å². The van der Waals surface area contributed by atoms with Gasteiger partial charge in [0, 0.05) is 19.8 Å². The van der Waals surface area contributed by atoms with Crippen LogP contribution in [0.15, 0.2) is 79.1 Å². The Kier molecular flexibility index (Phi) is 5.29. The second kappa shape index (κ2) is 8.19. The van der Waals surface area contributed by atoms with Gasteiger partial charge in [-0.2, -0.15) is 5.10 Å². The monoisotopic (exact) mass is 385 g/mol. The third-order valence-electron chi connectivity index (χ3n) is 4.97. The highest BCUT2D eigenvalue weighted by Crippen LogP contribution is 2.22. The first kappa shape index (κ1) is 18.7. The number of rotatable bonds is 6. The summed E-state index contributed by atoms with van der Waals surface area (Å²) in [6.07, 6.45) is 3.99. The van der Waals surface area contributed by atoms with Crippen LogP contribution in [0.5, 0.6) is 5.75 Å². The van der Waals surface area contributed by atoms with Gasteiger partial charge in [-0.15, -0.1) is 0 Å². The van der Waals surface area contributed by atoms with Gasteiger partial charge in [0.2, 0.25) is 5.91 Å². The third kappa shape index (κ3) is 4.29. The fourth-order valence-electron chi connectivity index (χ4n) is 3.34. The molecule has 0 aliphatic carbocycles. The zero-order chi connectivity index (χ0) is 20.2. The summed E-state index contributed by atoms with van der Waals surface area (Å²) in [5, 5.41) is 6.62. The fraction of sp³-hybridized carbons (Fsp3) is 0.167. The molecule has 0 unspecified atom stereocenters. The molecular weight excluding hydrogens is 362 g/mol. The molecule has 4 rings (SSSR count). The molecule has 0 saturated carbocycles. The van der Waals surface area contributed by atoms with Crippen molar-refractivity contribution in [2.45, 2.75) is 13.0 Å². The van der Waals surface area contributed by atoms with Crippen LogP contribution in [0.4, 0.5) is 0 Å². The molecule has 1 amide bonds. The number of para-hydroxylation sites is 1. The van der Waals surface area contributed by atoms with E-state index in [2.05, 4.69) is 23.3 Å². The molecule has 0 aliphatic rings. The number of methoxy groups -OCH3 is 1. The van der Waals surface area contributed by atoms with Crippen LogP contribution in [0.3, 0.4) is 0 Å². The van der Waals surface area contributed by atoms with E-state index in [1.165, 1.54) is 0 Å². The van der Waals surface area contributed by atoms with Crippen LogP contribution in [0.2, 0.25) is 0 Å². The van der Waals surface area contributed by atoms with E-state index < -0.39 is 0 Å². The number of fused-ring (bicyclic) bond motifs is 1. The first-order chi connectivity index (χ1) is 14.1. The van der Waals surface area contributed by atoms with Crippen LogP contribution >= 0.6 is 0 Å². The van der Waals surface area contributed by atoms with Crippen LogP contribution in [0.1, 0.15) is 11.1 Å². The average Bonchev–Trinajstić information content (AvgIpc) is 3.22. The smallest absolute Gasteiger partial charge is 0.227 e. The zero-order valence-corrected chi connectivity index (χ0v) is 16.6. The fourth-order valence-corrected chi connectivity index (χ4v) is 3.34. The van der Waals surface area contributed by atoms with E-state index in [1.54, 1.807) is 22.9 Å². The summed E-state index contributed by atoms with van der Waals surface area (Å²) in [7, 11) is 3.50. The number of nitrogens with zero attached hydrogens (tertiary/aromatic N) is 3. The van der Waals surface area contributed by atoms with Crippen molar-refractivity contribution in [3.8, 4) is 11.4 Å². The number of benzene rings is 3. The van der Waals surface area contributed by atoms with Crippen molar-refractivity contribution in [3.63, 3.8) is 0 Å². The van der Waals surface area contributed by atoms with Gasteiger partial charge in [-0.05, 0) is 52.2 Å². The second-order valence-corrected chi connectivity index (χ2v) is 7.10. The molecule has 1 heterocycles. The molecule has 0 bridgehead atoms. The molecule has 3 aromatic carbocycles. The highest BCUT2D eigenvalue weighted by molar-refractivity contribution is 5.85. The van der Waals surface area contributed by atoms with Crippen molar-refractivity contribution in [2.24, 2.45) is 0 Å². The zero-order valence-electron chi connectivity index (χ0n) is 16.6. The van der Waals surface area contributed by atoms with Gasteiger partial charge < -0.3 is 9.64 Å². The quantitative estimate of drug-likeness (QED) is 0.499. The van der Waals surface area contributed by atoms with E-state index in [1.807, 2.05) is 61.8 Å². The summed E-state index contributed by atoms with van der Waals surface area (Å²) in [5.41, 5.74) is 2.97. The van der Waals surface area contributed by atoms with Crippen molar-refractivity contribution in [1.82, 2.24) is 14.7 Å². The Labute approximate surface area is 170 Å². The van der Waals surface area contributed by atoms with E-state index in [-0.39, 0.29) is 5.91 Å². The molecule has 5 nitrogen and oxygen atoms in total. The summed E-state index contributed by atoms with van der Waals surface area (Å²) >= 11 is 0. The van der Waals surface area contributed by atoms with E-state index >= 15 is 0 Å². The molecule has 0 atom stereocenters. The molecular formula is C24H23N3O2. The largest absolute Gasteiger partial charge is 0.497 e. The van der Waals surface area contributed by atoms with Crippen molar-refractivity contribution in [3.05, 3.63) is 90.3 Å². The molecule has 29 heavy (non-hydrogen) atoms. The molecule has 0 radical (unpaired) electrons. The highest BCUT2D eigenvalue weighted by atomic mass is 16.5. The molecule has 0 fully saturated rings. The first-order valence-electron chi connectivity index (χ1n) is 9.52. The Hall–Kier alpha value is -3.60. The molecule has 4 aromatic rings. The summed E-state index contributed by atoms with van der Waals surface area (Å²) in [5.74, 6) is 0.904. The van der Waals surface area contributed by atoms with Crippen LogP contribution < -0.4 is 4.74 Å². The SMILES string of the molecule is COc1ccc2cc(CN(C)C(=O)Cc3cnn(-c4ccccc4)c3)ccc2c1. The van der Waals surface area contributed by atoms with Gasteiger partial charge >= 0.3 is 0 Å². The first-order valence-corrected chi connectivity index (χ1v) is 9.52. The Bertz CT molecular complexity index is 1140. The average molecular weight is 385 g/mol. The standard InChI is InChI=1S/C24H23N3O2/c1-26(16-18-8-9-21-14-23(29-2)11-10-20(21)12-18)24(28)13-19-15-25-27(17-19)22-6-4-3-5-7-22/h3-12,14-15,17H,13,16H2,1-2H3. The van der Waals surface area contributed by atoms with Crippen LogP contribution in [0, 0.1) is 0 Å². The van der Waals surface area contributed by atoms with Crippen molar-refractivity contribution >= 4 is 16.7 Å². The molecule has 0 aliphatic heterocycles. The Balaban J connectivity index is 1.42.